The van der Waals surface area contributed by atoms with Gasteiger partial charge in [-0.1, -0.05) is 35.9 Å². The zero-order valence-electron chi connectivity index (χ0n) is 14.5. The average molecular weight is 368 g/mol. The van der Waals surface area contributed by atoms with Crippen LogP contribution < -0.4 is 0 Å². The van der Waals surface area contributed by atoms with E-state index in [-0.39, 0.29) is 31.0 Å². The van der Waals surface area contributed by atoms with Crippen molar-refractivity contribution in [2.75, 3.05) is 19.7 Å². The molecule has 138 valence electrons. The highest BCUT2D eigenvalue weighted by atomic mass is 32.2. The first-order valence-corrected chi connectivity index (χ1v) is 9.28. The topological polar surface area (TPSA) is 101 Å². The smallest absolute Gasteiger partial charge is 0.289 e. The lowest BCUT2D eigenvalue weighted by Gasteiger charge is -2.22. The van der Waals surface area contributed by atoms with Gasteiger partial charge in [-0.15, -0.1) is 0 Å². The molecule has 1 N–H and O–H groups in total. The summed E-state index contributed by atoms with van der Waals surface area (Å²) in [5, 5.41) is 20.2. The molecule has 0 aromatic heterocycles. The number of aliphatic hydroxyl groups is 1. The molecule has 0 heterocycles. The number of nitro benzene ring substituents is 1. The Kier molecular flexibility index (Phi) is 7.95. The Hall–Kier alpha value is -2.03. The highest BCUT2D eigenvalue weighted by molar-refractivity contribution is 7.89. The van der Waals surface area contributed by atoms with Crippen molar-refractivity contribution >= 4 is 15.7 Å². The van der Waals surface area contributed by atoms with Crippen LogP contribution in [0.1, 0.15) is 26.7 Å². The monoisotopic (exact) mass is 368 g/mol. The highest BCUT2D eigenvalue weighted by Gasteiger charge is 2.31. The largest absolute Gasteiger partial charge is 0.396 e. The Morgan fingerprint density at radius 2 is 2.00 bits per heavy atom. The number of nitrogens with zero attached hydrogens (tertiary/aromatic N) is 2. The third-order valence-corrected chi connectivity index (χ3v) is 5.37. The van der Waals surface area contributed by atoms with E-state index in [0.29, 0.717) is 12.0 Å². The molecule has 0 saturated heterocycles. The number of nitro groups is 1. The number of hydrogen-bond donors (Lipinski definition) is 1. The predicted octanol–water partition coefficient (Wildman–Crippen LogP) is 2.88. The van der Waals surface area contributed by atoms with E-state index in [2.05, 4.69) is 6.58 Å². The Morgan fingerprint density at radius 1 is 1.36 bits per heavy atom. The second-order valence-corrected chi connectivity index (χ2v) is 7.76. The molecule has 0 fully saturated rings. The van der Waals surface area contributed by atoms with Crippen LogP contribution >= 0.6 is 0 Å². The summed E-state index contributed by atoms with van der Waals surface area (Å²) in [6, 6.07) is 5.28. The van der Waals surface area contributed by atoms with Crippen LogP contribution in [0.2, 0.25) is 0 Å². The Morgan fingerprint density at radius 3 is 2.56 bits per heavy atom. The Bertz CT molecular complexity index is 752. The van der Waals surface area contributed by atoms with Gasteiger partial charge in [0.1, 0.15) is 0 Å². The minimum absolute atomic E-state index is 0.00550. The first kappa shape index (κ1) is 21.0. The summed E-state index contributed by atoms with van der Waals surface area (Å²) >= 11 is 0. The molecule has 0 amide bonds. The van der Waals surface area contributed by atoms with Gasteiger partial charge in [0, 0.05) is 25.8 Å². The van der Waals surface area contributed by atoms with E-state index in [9.17, 15) is 18.5 Å². The molecule has 0 aliphatic carbocycles. The summed E-state index contributed by atoms with van der Waals surface area (Å²) in [6.07, 6.45) is 2.65. The maximum atomic E-state index is 13.0. The number of aliphatic hydroxyl groups excluding tert-OH is 1. The molecule has 25 heavy (non-hydrogen) atoms. The summed E-state index contributed by atoms with van der Waals surface area (Å²) in [5.74, 6) is 0. The lowest BCUT2D eigenvalue weighted by atomic mass is 10.2. The third-order valence-electron chi connectivity index (χ3n) is 3.48. The lowest BCUT2D eigenvalue weighted by molar-refractivity contribution is -0.387. The molecule has 0 saturated carbocycles. The van der Waals surface area contributed by atoms with Gasteiger partial charge in [-0.05, 0) is 32.8 Å². The first-order valence-electron chi connectivity index (χ1n) is 7.84. The van der Waals surface area contributed by atoms with Gasteiger partial charge < -0.3 is 5.11 Å². The van der Waals surface area contributed by atoms with Crippen molar-refractivity contribution in [3.63, 3.8) is 0 Å². The molecule has 1 rings (SSSR count). The molecule has 8 heteroatoms. The van der Waals surface area contributed by atoms with Crippen molar-refractivity contribution in [2.24, 2.45) is 0 Å². The van der Waals surface area contributed by atoms with Gasteiger partial charge in [0.2, 0.25) is 10.0 Å². The number of allylic oxidation sites excluding steroid dienone is 1. The van der Waals surface area contributed by atoms with Crippen LogP contribution in [0.25, 0.3) is 0 Å². The number of benzene rings is 1. The van der Waals surface area contributed by atoms with Crippen LogP contribution in [-0.2, 0) is 10.0 Å². The third kappa shape index (κ3) is 6.08. The zero-order chi connectivity index (χ0) is 19.0. The second kappa shape index (κ2) is 9.45. The average Bonchev–Trinajstić information content (AvgIpc) is 2.53. The van der Waals surface area contributed by atoms with E-state index in [1.165, 1.54) is 28.6 Å². The maximum Gasteiger partial charge on any atom is 0.289 e. The van der Waals surface area contributed by atoms with Gasteiger partial charge in [-0.25, -0.2) is 8.42 Å². The number of rotatable bonds is 10. The van der Waals surface area contributed by atoms with Crippen LogP contribution in [0.4, 0.5) is 5.69 Å². The van der Waals surface area contributed by atoms with Crippen molar-refractivity contribution in [3.8, 4) is 0 Å². The Labute approximate surface area is 148 Å². The van der Waals surface area contributed by atoms with E-state index in [1.807, 2.05) is 19.9 Å². The molecule has 7 nitrogen and oxygen atoms in total. The number of para-hydroxylation sites is 1. The first-order chi connectivity index (χ1) is 11.7. The van der Waals surface area contributed by atoms with Gasteiger partial charge in [-0.3, -0.25) is 10.1 Å². The van der Waals surface area contributed by atoms with Gasteiger partial charge >= 0.3 is 0 Å². The van der Waals surface area contributed by atoms with Crippen molar-refractivity contribution in [1.82, 2.24) is 4.31 Å². The van der Waals surface area contributed by atoms with E-state index in [0.717, 1.165) is 5.57 Å². The van der Waals surface area contributed by atoms with Crippen molar-refractivity contribution in [3.05, 3.63) is 58.2 Å². The van der Waals surface area contributed by atoms with Crippen LogP contribution in [0.15, 0.2) is 53.0 Å². The van der Waals surface area contributed by atoms with E-state index in [4.69, 9.17) is 5.11 Å². The quantitative estimate of drug-likeness (QED) is 0.389. The summed E-state index contributed by atoms with van der Waals surface area (Å²) in [6.45, 7) is 7.64. The van der Waals surface area contributed by atoms with Crippen molar-refractivity contribution in [1.29, 1.82) is 0 Å². The van der Waals surface area contributed by atoms with Crippen molar-refractivity contribution < 1.29 is 18.4 Å². The minimum atomic E-state index is -4.07. The van der Waals surface area contributed by atoms with E-state index >= 15 is 0 Å². The van der Waals surface area contributed by atoms with E-state index < -0.39 is 20.6 Å². The van der Waals surface area contributed by atoms with Gasteiger partial charge in [-0.2, -0.15) is 4.31 Å². The molecule has 0 radical (unpaired) electrons. The van der Waals surface area contributed by atoms with Crippen LogP contribution in [0.3, 0.4) is 0 Å². The number of hydrogen-bond acceptors (Lipinski definition) is 5. The van der Waals surface area contributed by atoms with E-state index in [1.54, 1.807) is 0 Å². The SMILES string of the molecule is C=C(CCO)CN(CCC=C(C)C)S(=O)(=O)c1ccccc1[N+](=O)[O-]. The molecule has 0 aliphatic rings. The molecule has 0 atom stereocenters. The Balaban J connectivity index is 3.24. The highest BCUT2D eigenvalue weighted by Crippen LogP contribution is 2.27. The predicted molar refractivity (Wildman–Crippen MR) is 96.7 cm³/mol. The lowest BCUT2D eigenvalue weighted by Crippen LogP contribution is -2.34. The molecular formula is C17H24N2O5S. The molecule has 0 aliphatic heterocycles. The van der Waals surface area contributed by atoms with Crippen molar-refractivity contribution in [2.45, 2.75) is 31.6 Å². The molecule has 1 aromatic rings. The standard InChI is InChI=1S/C17H24N2O5S/c1-14(2)7-6-11-18(13-15(3)10-12-20)25(23,24)17-9-5-4-8-16(17)19(21)22/h4-5,7-9,20H,3,6,10-13H2,1-2H3. The zero-order valence-corrected chi connectivity index (χ0v) is 15.3. The fraction of sp³-hybridized carbons (Fsp3) is 0.412. The molecule has 0 spiro atoms. The van der Waals surface area contributed by atoms with Crippen LogP contribution in [0.5, 0.6) is 0 Å². The van der Waals surface area contributed by atoms with Gasteiger partial charge in [0.25, 0.3) is 5.69 Å². The van der Waals surface area contributed by atoms with Gasteiger partial charge in [0.15, 0.2) is 4.90 Å². The summed E-state index contributed by atoms with van der Waals surface area (Å²) in [7, 11) is -4.07. The maximum absolute atomic E-state index is 13.0. The molecule has 1 aromatic carbocycles. The normalized spacial score (nSPS) is 11.4. The minimum Gasteiger partial charge on any atom is -0.396 e. The molecule has 0 unspecified atom stereocenters. The summed E-state index contributed by atoms with van der Waals surface area (Å²) in [5.41, 5.74) is 1.14. The van der Waals surface area contributed by atoms with Crippen LogP contribution in [-0.4, -0.2) is 42.4 Å². The molecular weight excluding hydrogens is 344 g/mol. The summed E-state index contributed by atoms with van der Waals surface area (Å²) < 4.78 is 27.1. The second-order valence-electron chi connectivity index (χ2n) is 5.86. The fourth-order valence-corrected chi connectivity index (χ4v) is 3.87. The molecule has 0 bridgehead atoms. The number of sulfonamides is 1. The van der Waals surface area contributed by atoms with Crippen LogP contribution in [0, 0.1) is 10.1 Å². The van der Waals surface area contributed by atoms with Gasteiger partial charge in [0.05, 0.1) is 4.92 Å². The fourth-order valence-electron chi connectivity index (χ4n) is 2.23. The summed E-state index contributed by atoms with van der Waals surface area (Å²) in [4.78, 5) is 10.1.